The molecule has 2 bridgehead atoms. The van der Waals surface area contributed by atoms with E-state index in [0.29, 0.717) is 24.4 Å². The number of ether oxygens (including phenoxy) is 1. The van der Waals surface area contributed by atoms with Crippen LogP contribution in [-0.4, -0.2) is 110 Å². The third-order valence-electron chi connectivity index (χ3n) is 9.71. The van der Waals surface area contributed by atoms with Gasteiger partial charge in [-0.25, -0.2) is 4.39 Å². The number of halogens is 2. The molecule has 0 aromatic carbocycles. The standard InChI is InChI=1S/C26H46ClFN6O2/c1-30-22-6-3-17(11-19(22)24(29)34-9-7-33(2)8-10-34)31-25-14-26(15-25,16-25)32-23(35)13-36-18-4-5-20(27)21(28)12-18/h17-22,24,30-31H,3-16,29H2,1-2H3,(H,32,35). The molecule has 206 valence electrons. The Morgan fingerprint density at radius 3 is 2.50 bits per heavy atom. The molecule has 10 heteroatoms. The second-order valence-electron chi connectivity index (χ2n) is 12.5. The summed E-state index contributed by atoms with van der Waals surface area (Å²) in [6.07, 6.45) is 6.78. The fourth-order valence-corrected chi connectivity index (χ4v) is 7.92. The Hall–Kier alpha value is -0.550. The molecule has 1 heterocycles. The monoisotopic (exact) mass is 528 g/mol. The summed E-state index contributed by atoms with van der Waals surface area (Å²) in [5, 5.41) is 10.3. The van der Waals surface area contributed by atoms with Gasteiger partial charge in [0.25, 0.3) is 0 Å². The van der Waals surface area contributed by atoms with Gasteiger partial charge in [-0.2, -0.15) is 0 Å². The molecule has 8 nitrogen and oxygen atoms in total. The minimum atomic E-state index is -1.05. The first-order chi connectivity index (χ1) is 17.2. The van der Waals surface area contributed by atoms with E-state index in [-0.39, 0.29) is 42.3 Å². The summed E-state index contributed by atoms with van der Waals surface area (Å²) in [4.78, 5) is 17.4. The summed E-state index contributed by atoms with van der Waals surface area (Å²) in [5.74, 6) is 0.347. The molecular formula is C26H46ClFN6O2. The van der Waals surface area contributed by atoms with Gasteiger partial charge in [0.1, 0.15) is 12.8 Å². The third-order valence-corrected chi connectivity index (χ3v) is 10.2. The molecule has 7 unspecified atom stereocenters. The number of nitrogens with two attached hydrogens (primary N) is 1. The maximum atomic E-state index is 13.8. The first-order valence-corrected chi connectivity index (χ1v) is 14.5. The SMILES string of the molecule is CNC1CCC(NC23CC(NC(=O)COC4CCC(Cl)C(F)C4)(C2)C3)CC1C(N)N1CCN(C)CC1. The van der Waals surface area contributed by atoms with Crippen molar-refractivity contribution in [3.8, 4) is 0 Å². The van der Waals surface area contributed by atoms with Crippen LogP contribution in [0, 0.1) is 5.92 Å². The van der Waals surface area contributed by atoms with Crippen molar-refractivity contribution in [3.63, 3.8) is 0 Å². The van der Waals surface area contributed by atoms with Crippen molar-refractivity contribution in [2.24, 2.45) is 11.7 Å². The molecule has 7 atom stereocenters. The number of carbonyl (C=O) groups excluding carboxylic acids is 1. The Morgan fingerprint density at radius 1 is 1.11 bits per heavy atom. The fourth-order valence-electron chi connectivity index (χ4n) is 7.69. The van der Waals surface area contributed by atoms with Crippen LogP contribution >= 0.6 is 11.6 Å². The predicted octanol–water partition coefficient (Wildman–Crippen LogP) is 1.17. The van der Waals surface area contributed by atoms with Crippen molar-refractivity contribution in [1.29, 1.82) is 0 Å². The van der Waals surface area contributed by atoms with Crippen LogP contribution in [0.4, 0.5) is 4.39 Å². The van der Waals surface area contributed by atoms with Crippen LogP contribution < -0.4 is 21.7 Å². The highest BCUT2D eigenvalue weighted by Gasteiger charge is 2.68. The first kappa shape index (κ1) is 27.0. The summed E-state index contributed by atoms with van der Waals surface area (Å²) in [6.45, 7) is 4.26. The Labute approximate surface area is 220 Å². The van der Waals surface area contributed by atoms with Crippen molar-refractivity contribution in [2.45, 2.75) is 105 Å². The molecule has 6 rings (SSSR count). The van der Waals surface area contributed by atoms with E-state index in [1.807, 2.05) is 0 Å². The predicted molar refractivity (Wildman–Crippen MR) is 140 cm³/mol. The number of hydrogen-bond acceptors (Lipinski definition) is 7. The lowest BCUT2D eigenvalue weighted by molar-refractivity contribution is -0.150. The van der Waals surface area contributed by atoms with Crippen LogP contribution in [0.5, 0.6) is 0 Å². The van der Waals surface area contributed by atoms with Crippen LogP contribution in [-0.2, 0) is 9.53 Å². The number of likely N-dealkylation sites (N-methyl/N-ethyl adjacent to an activating group) is 1. The summed E-state index contributed by atoms with van der Waals surface area (Å²) in [6, 6.07) is 0.935. The molecule has 0 spiro atoms. The number of amides is 1. The topological polar surface area (TPSA) is 94.9 Å². The first-order valence-electron chi connectivity index (χ1n) is 14.0. The molecule has 5 aliphatic carbocycles. The molecule has 5 saturated carbocycles. The van der Waals surface area contributed by atoms with Crippen molar-refractivity contribution < 1.29 is 13.9 Å². The van der Waals surface area contributed by atoms with E-state index in [1.165, 1.54) is 0 Å². The average Bonchev–Trinajstić information content (AvgIpc) is 2.82. The van der Waals surface area contributed by atoms with Gasteiger partial charge in [-0.15, -0.1) is 11.6 Å². The summed E-state index contributed by atoms with van der Waals surface area (Å²) >= 11 is 5.95. The van der Waals surface area contributed by atoms with E-state index in [4.69, 9.17) is 22.1 Å². The average molecular weight is 529 g/mol. The molecule has 36 heavy (non-hydrogen) atoms. The maximum Gasteiger partial charge on any atom is 0.246 e. The van der Waals surface area contributed by atoms with Crippen molar-refractivity contribution >= 4 is 17.5 Å². The maximum absolute atomic E-state index is 13.8. The lowest BCUT2D eigenvalue weighted by Gasteiger charge is -2.71. The highest BCUT2D eigenvalue weighted by molar-refractivity contribution is 6.21. The Morgan fingerprint density at radius 2 is 1.83 bits per heavy atom. The Balaban J connectivity index is 1.05. The highest BCUT2D eigenvalue weighted by atomic mass is 35.5. The van der Waals surface area contributed by atoms with Crippen LogP contribution in [0.2, 0.25) is 0 Å². The molecule has 6 aliphatic rings. The van der Waals surface area contributed by atoms with Gasteiger partial charge in [-0.05, 0) is 65.5 Å². The van der Waals surface area contributed by atoms with E-state index >= 15 is 0 Å². The van der Waals surface area contributed by atoms with Gasteiger partial charge in [0, 0.05) is 61.7 Å². The van der Waals surface area contributed by atoms with Gasteiger partial charge in [0.15, 0.2) is 0 Å². The van der Waals surface area contributed by atoms with Gasteiger partial charge in [0.05, 0.1) is 17.6 Å². The molecule has 0 aromatic heterocycles. The number of nitrogens with zero attached hydrogens (tertiary/aromatic N) is 2. The van der Waals surface area contributed by atoms with Crippen molar-refractivity contribution in [3.05, 3.63) is 0 Å². The molecule has 1 aliphatic heterocycles. The van der Waals surface area contributed by atoms with Gasteiger partial charge in [-0.1, -0.05) is 0 Å². The van der Waals surface area contributed by atoms with Crippen molar-refractivity contribution in [1.82, 2.24) is 25.8 Å². The second-order valence-corrected chi connectivity index (χ2v) is 13.0. The zero-order chi connectivity index (χ0) is 25.5. The Bertz CT molecular complexity index is 764. The summed E-state index contributed by atoms with van der Waals surface area (Å²) in [5.41, 5.74) is 6.92. The van der Waals surface area contributed by atoms with Crippen LogP contribution in [0.15, 0.2) is 0 Å². The minimum absolute atomic E-state index is 0.00636. The van der Waals surface area contributed by atoms with Gasteiger partial charge in [0.2, 0.25) is 5.91 Å². The van der Waals surface area contributed by atoms with Crippen LogP contribution in [0.1, 0.15) is 57.8 Å². The molecule has 0 radical (unpaired) electrons. The van der Waals surface area contributed by atoms with E-state index < -0.39 is 11.5 Å². The molecular weight excluding hydrogens is 483 g/mol. The second kappa shape index (κ2) is 10.9. The van der Waals surface area contributed by atoms with Gasteiger partial charge >= 0.3 is 0 Å². The summed E-state index contributed by atoms with van der Waals surface area (Å²) in [7, 11) is 4.25. The highest BCUT2D eigenvalue weighted by Crippen LogP contribution is 2.60. The van der Waals surface area contributed by atoms with Crippen molar-refractivity contribution in [2.75, 3.05) is 46.9 Å². The number of rotatable bonds is 9. The third kappa shape index (κ3) is 5.72. The van der Waals surface area contributed by atoms with E-state index in [9.17, 15) is 9.18 Å². The van der Waals surface area contributed by atoms with E-state index in [1.54, 1.807) is 0 Å². The van der Waals surface area contributed by atoms with E-state index in [2.05, 4.69) is 39.8 Å². The van der Waals surface area contributed by atoms with Gasteiger partial charge in [-0.3, -0.25) is 9.69 Å². The Kier molecular flexibility index (Phi) is 8.19. The largest absolute Gasteiger partial charge is 0.368 e. The number of piperazine rings is 1. The molecule has 5 N–H and O–H groups in total. The minimum Gasteiger partial charge on any atom is -0.368 e. The fraction of sp³-hybridized carbons (Fsp3) is 0.962. The number of alkyl halides is 2. The molecule has 0 aromatic rings. The number of hydrogen-bond donors (Lipinski definition) is 4. The number of carbonyl (C=O) groups is 1. The quantitative estimate of drug-likeness (QED) is 0.334. The van der Waals surface area contributed by atoms with Crippen LogP contribution in [0.3, 0.4) is 0 Å². The molecule has 1 amide bonds. The smallest absolute Gasteiger partial charge is 0.246 e. The molecule has 6 fully saturated rings. The van der Waals surface area contributed by atoms with Gasteiger partial charge < -0.3 is 31.3 Å². The normalized spacial score (nSPS) is 44.4. The summed E-state index contributed by atoms with van der Waals surface area (Å²) < 4.78 is 19.5. The lowest BCUT2D eigenvalue weighted by atomic mass is 9.44. The van der Waals surface area contributed by atoms with E-state index in [0.717, 1.165) is 71.1 Å². The van der Waals surface area contributed by atoms with Crippen LogP contribution in [0.25, 0.3) is 0 Å². The lowest BCUT2D eigenvalue weighted by Crippen LogP contribution is -2.84. The zero-order valence-electron chi connectivity index (χ0n) is 22.0. The number of nitrogens with one attached hydrogen (secondary N) is 3. The zero-order valence-corrected chi connectivity index (χ0v) is 22.7. The molecule has 1 saturated heterocycles.